The number of hydrogen-bond acceptors (Lipinski definition) is 4. The lowest BCUT2D eigenvalue weighted by Gasteiger charge is -2.39. The van der Waals surface area contributed by atoms with Crippen molar-refractivity contribution in [1.29, 1.82) is 0 Å². The lowest BCUT2D eigenvalue weighted by Crippen LogP contribution is -2.58. The second-order valence-electron chi connectivity index (χ2n) is 7.55. The van der Waals surface area contributed by atoms with Gasteiger partial charge >= 0.3 is 0 Å². The van der Waals surface area contributed by atoms with Crippen molar-refractivity contribution in [2.24, 2.45) is 11.7 Å². The molecule has 2 aliphatic heterocycles. The minimum absolute atomic E-state index is 0.0381. The van der Waals surface area contributed by atoms with E-state index in [-0.39, 0.29) is 23.8 Å². The topological polar surface area (TPSA) is 69.9 Å². The molecule has 6 heteroatoms. The molecule has 2 atom stereocenters. The van der Waals surface area contributed by atoms with Gasteiger partial charge in [0.25, 0.3) is 0 Å². The van der Waals surface area contributed by atoms with Gasteiger partial charge in [-0.25, -0.2) is 0 Å². The molecule has 6 nitrogen and oxygen atoms in total. The van der Waals surface area contributed by atoms with Crippen LogP contribution in [0, 0.1) is 5.92 Å². The van der Waals surface area contributed by atoms with Crippen molar-refractivity contribution in [3.05, 3.63) is 0 Å². The number of carbonyl (C=O) groups is 2. The van der Waals surface area contributed by atoms with Gasteiger partial charge in [0, 0.05) is 39.3 Å². The van der Waals surface area contributed by atoms with Crippen molar-refractivity contribution >= 4 is 11.8 Å². The van der Waals surface area contributed by atoms with Crippen LogP contribution < -0.4 is 5.73 Å². The molecule has 138 valence electrons. The van der Waals surface area contributed by atoms with Crippen LogP contribution in [0.5, 0.6) is 0 Å². The molecule has 2 rings (SSSR count). The normalized spacial score (nSPS) is 23.0. The second-order valence-corrected chi connectivity index (χ2v) is 7.55. The SMILES string of the molecule is CC(C)[C@H](N)C(=O)N1CCN([C@@H](C)C(=O)N2CCCCCC2)CC1. The summed E-state index contributed by atoms with van der Waals surface area (Å²) in [4.78, 5) is 31.2. The number of nitrogens with two attached hydrogens (primary N) is 1. The summed E-state index contributed by atoms with van der Waals surface area (Å²) < 4.78 is 0. The maximum absolute atomic E-state index is 12.7. The zero-order valence-corrected chi connectivity index (χ0v) is 15.5. The molecule has 2 N–H and O–H groups in total. The smallest absolute Gasteiger partial charge is 0.239 e. The highest BCUT2D eigenvalue weighted by atomic mass is 16.2. The lowest BCUT2D eigenvalue weighted by atomic mass is 10.0. The van der Waals surface area contributed by atoms with E-state index in [0.29, 0.717) is 13.1 Å². The Bertz CT molecular complexity index is 425. The third-order valence-electron chi connectivity index (χ3n) is 5.45. The van der Waals surface area contributed by atoms with Gasteiger partial charge in [-0.2, -0.15) is 0 Å². The van der Waals surface area contributed by atoms with E-state index in [2.05, 4.69) is 4.90 Å². The molecule has 2 heterocycles. The van der Waals surface area contributed by atoms with Crippen molar-refractivity contribution in [3.8, 4) is 0 Å². The Morgan fingerprint density at radius 2 is 1.25 bits per heavy atom. The summed E-state index contributed by atoms with van der Waals surface area (Å²) in [5.74, 6) is 0.436. The van der Waals surface area contributed by atoms with Gasteiger partial charge in [0.05, 0.1) is 12.1 Å². The highest BCUT2D eigenvalue weighted by Crippen LogP contribution is 2.15. The monoisotopic (exact) mass is 338 g/mol. The zero-order valence-electron chi connectivity index (χ0n) is 15.5. The van der Waals surface area contributed by atoms with Gasteiger partial charge in [-0.3, -0.25) is 14.5 Å². The summed E-state index contributed by atoms with van der Waals surface area (Å²) in [5.41, 5.74) is 5.98. The van der Waals surface area contributed by atoms with Gasteiger partial charge in [-0.05, 0) is 25.7 Å². The first kappa shape index (κ1) is 19.2. The Kier molecular flexibility index (Phi) is 7.04. The largest absolute Gasteiger partial charge is 0.341 e. The molecule has 2 fully saturated rings. The summed E-state index contributed by atoms with van der Waals surface area (Å²) >= 11 is 0. The van der Waals surface area contributed by atoms with Gasteiger partial charge in [0.2, 0.25) is 11.8 Å². The molecular formula is C18H34N4O2. The molecule has 0 aromatic rings. The van der Waals surface area contributed by atoms with E-state index < -0.39 is 6.04 Å². The number of nitrogens with zero attached hydrogens (tertiary/aromatic N) is 3. The summed E-state index contributed by atoms with van der Waals surface area (Å²) in [6, 6.07) is -0.521. The van der Waals surface area contributed by atoms with E-state index in [1.54, 1.807) is 0 Å². The molecule has 0 unspecified atom stereocenters. The average Bonchev–Trinajstić information content (AvgIpc) is 2.88. The highest BCUT2D eigenvalue weighted by molar-refractivity contribution is 5.82. The minimum Gasteiger partial charge on any atom is -0.341 e. The van der Waals surface area contributed by atoms with Crippen LogP contribution in [0.25, 0.3) is 0 Å². The van der Waals surface area contributed by atoms with E-state index in [9.17, 15) is 9.59 Å². The summed E-state index contributed by atoms with van der Waals surface area (Å²) in [7, 11) is 0. The minimum atomic E-state index is -0.423. The Labute approximate surface area is 146 Å². The van der Waals surface area contributed by atoms with Gasteiger partial charge in [-0.1, -0.05) is 26.7 Å². The molecular weight excluding hydrogens is 304 g/mol. The fraction of sp³-hybridized carbons (Fsp3) is 0.889. The van der Waals surface area contributed by atoms with Gasteiger partial charge in [0.1, 0.15) is 0 Å². The molecule has 0 bridgehead atoms. The van der Waals surface area contributed by atoms with E-state index in [4.69, 9.17) is 5.73 Å². The van der Waals surface area contributed by atoms with Crippen LogP contribution in [-0.4, -0.2) is 77.9 Å². The maximum atomic E-state index is 12.7. The molecule has 2 saturated heterocycles. The van der Waals surface area contributed by atoms with Crippen LogP contribution in [0.4, 0.5) is 0 Å². The van der Waals surface area contributed by atoms with Crippen molar-refractivity contribution in [2.45, 2.75) is 58.5 Å². The van der Waals surface area contributed by atoms with E-state index in [1.807, 2.05) is 30.6 Å². The van der Waals surface area contributed by atoms with Crippen LogP contribution in [0.3, 0.4) is 0 Å². The molecule has 0 radical (unpaired) electrons. The fourth-order valence-electron chi connectivity index (χ4n) is 3.54. The van der Waals surface area contributed by atoms with Crippen LogP contribution >= 0.6 is 0 Å². The molecule has 0 spiro atoms. The van der Waals surface area contributed by atoms with Crippen LogP contribution in [0.2, 0.25) is 0 Å². The van der Waals surface area contributed by atoms with E-state index >= 15 is 0 Å². The number of carbonyl (C=O) groups excluding carboxylic acids is 2. The molecule has 0 aromatic heterocycles. The van der Waals surface area contributed by atoms with Crippen LogP contribution in [0.15, 0.2) is 0 Å². The predicted octanol–water partition coefficient (Wildman–Crippen LogP) is 0.905. The van der Waals surface area contributed by atoms with Crippen LogP contribution in [-0.2, 0) is 9.59 Å². The third kappa shape index (κ3) is 4.70. The first-order valence-electron chi connectivity index (χ1n) is 9.49. The summed E-state index contributed by atoms with van der Waals surface area (Å²) in [6.07, 6.45) is 4.70. The van der Waals surface area contributed by atoms with Crippen molar-refractivity contribution in [2.75, 3.05) is 39.3 Å². The quantitative estimate of drug-likeness (QED) is 0.827. The van der Waals surface area contributed by atoms with Crippen LogP contribution in [0.1, 0.15) is 46.5 Å². The number of amides is 2. The molecule has 0 aliphatic carbocycles. The first-order chi connectivity index (χ1) is 11.4. The number of rotatable bonds is 4. The van der Waals surface area contributed by atoms with Gasteiger partial charge in [-0.15, -0.1) is 0 Å². The number of piperazine rings is 1. The Morgan fingerprint density at radius 1 is 0.750 bits per heavy atom. The Balaban J connectivity index is 1.84. The predicted molar refractivity (Wildman–Crippen MR) is 95.5 cm³/mol. The van der Waals surface area contributed by atoms with E-state index in [1.165, 1.54) is 12.8 Å². The van der Waals surface area contributed by atoms with Gasteiger partial charge < -0.3 is 15.5 Å². The number of hydrogen-bond donors (Lipinski definition) is 1. The van der Waals surface area contributed by atoms with E-state index in [0.717, 1.165) is 39.0 Å². The fourth-order valence-corrected chi connectivity index (χ4v) is 3.54. The highest BCUT2D eigenvalue weighted by Gasteiger charge is 2.31. The zero-order chi connectivity index (χ0) is 17.7. The molecule has 2 aliphatic rings. The molecule has 0 saturated carbocycles. The molecule has 24 heavy (non-hydrogen) atoms. The second kappa shape index (κ2) is 8.81. The Hall–Kier alpha value is -1.14. The average molecular weight is 338 g/mol. The summed E-state index contributed by atoms with van der Waals surface area (Å²) in [6.45, 7) is 10.6. The summed E-state index contributed by atoms with van der Waals surface area (Å²) in [5, 5.41) is 0. The Morgan fingerprint density at radius 3 is 1.75 bits per heavy atom. The first-order valence-corrected chi connectivity index (χ1v) is 9.49. The molecule has 0 aromatic carbocycles. The van der Waals surface area contributed by atoms with Crippen molar-refractivity contribution < 1.29 is 9.59 Å². The lowest BCUT2D eigenvalue weighted by molar-refractivity contribution is -0.139. The molecule has 2 amide bonds. The standard InChI is InChI=1S/C18H34N4O2/c1-14(2)16(19)18(24)22-12-10-20(11-13-22)15(3)17(23)21-8-6-4-5-7-9-21/h14-16H,4-13,19H2,1-3H3/t15-,16-/m0/s1. The number of likely N-dealkylation sites (tertiary alicyclic amines) is 1. The van der Waals surface area contributed by atoms with Crippen molar-refractivity contribution in [1.82, 2.24) is 14.7 Å². The maximum Gasteiger partial charge on any atom is 0.239 e. The third-order valence-corrected chi connectivity index (χ3v) is 5.45. The van der Waals surface area contributed by atoms with Crippen molar-refractivity contribution in [3.63, 3.8) is 0 Å². The van der Waals surface area contributed by atoms with Gasteiger partial charge in [0.15, 0.2) is 0 Å².